The number of amides is 1. The summed E-state index contributed by atoms with van der Waals surface area (Å²) in [6, 6.07) is 17.1. The second kappa shape index (κ2) is 8.96. The summed E-state index contributed by atoms with van der Waals surface area (Å²) < 4.78 is 5.51. The monoisotopic (exact) mass is 313 g/mol. The number of ether oxygens (including phenoxy) is 1. The average molecular weight is 313 g/mol. The molecule has 2 rings (SSSR count). The van der Waals surface area contributed by atoms with Crippen molar-refractivity contribution in [2.45, 2.75) is 25.8 Å². The SMILES string of the molecule is CCc1ccc(OCC(=O)NC(CCO)c2ccccc2)cc1. The van der Waals surface area contributed by atoms with Crippen LogP contribution in [0.15, 0.2) is 54.6 Å². The minimum absolute atomic E-state index is 0.0131. The Labute approximate surface area is 137 Å². The average Bonchev–Trinajstić information content (AvgIpc) is 2.61. The molecule has 4 nitrogen and oxygen atoms in total. The molecule has 0 bridgehead atoms. The Morgan fingerprint density at radius 3 is 2.43 bits per heavy atom. The standard InChI is InChI=1S/C19H23NO3/c1-2-15-8-10-17(11-9-15)23-14-19(22)20-18(12-13-21)16-6-4-3-5-7-16/h3-11,18,21H,2,12-14H2,1H3,(H,20,22). The first-order valence-electron chi connectivity index (χ1n) is 7.90. The smallest absolute Gasteiger partial charge is 0.258 e. The normalized spacial score (nSPS) is 11.7. The Kier molecular flexibility index (Phi) is 6.63. The predicted molar refractivity (Wildman–Crippen MR) is 90.3 cm³/mol. The minimum atomic E-state index is -0.209. The van der Waals surface area contributed by atoms with Gasteiger partial charge in [0.2, 0.25) is 0 Å². The largest absolute Gasteiger partial charge is 0.484 e. The van der Waals surface area contributed by atoms with Gasteiger partial charge in [-0.2, -0.15) is 0 Å². The quantitative estimate of drug-likeness (QED) is 0.788. The van der Waals surface area contributed by atoms with E-state index >= 15 is 0 Å². The van der Waals surface area contributed by atoms with Gasteiger partial charge in [0.15, 0.2) is 6.61 Å². The van der Waals surface area contributed by atoms with Crippen molar-refractivity contribution in [3.05, 3.63) is 65.7 Å². The van der Waals surface area contributed by atoms with Gasteiger partial charge in [0.25, 0.3) is 5.91 Å². The van der Waals surface area contributed by atoms with Gasteiger partial charge in [-0.3, -0.25) is 4.79 Å². The summed E-state index contributed by atoms with van der Waals surface area (Å²) in [6.45, 7) is 2.06. The fourth-order valence-electron chi connectivity index (χ4n) is 2.34. The summed E-state index contributed by atoms with van der Waals surface area (Å²) in [5, 5.41) is 12.1. The molecule has 0 aliphatic carbocycles. The minimum Gasteiger partial charge on any atom is -0.484 e. The number of hydrogen-bond acceptors (Lipinski definition) is 3. The van der Waals surface area contributed by atoms with Gasteiger partial charge in [-0.25, -0.2) is 0 Å². The van der Waals surface area contributed by atoms with E-state index in [0.29, 0.717) is 12.2 Å². The van der Waals surface area contributed by atoms with Crippen LogP contribution in [0.4, 0.5) is 0 Å². The van der Waals surface area contributed by atoms with Crippen LogP contribution in [0.1, 0.15) is 30.5 Å². The summed E-state index contributed by atoms with van der Waals surface area (Å²) in [4.78, 5) is 12.1. The molecule has 23 heavy (non-hydrogen) atoms. The zero-order valence-corrected chi connectivity index (χ0v) is 13.4. The molecule has 0 fully saturated rings. The number of aliphatic hydroxyl groups is 1. The number of hydrogen-bond donors (Lipinski definition) is 2. The van der Waals surface area contributed by atoms with E-state index in [1.165, 1.54) is 5.56 Å². The van der Waals surface area contributed by atoms with Crippen LogP contribution in [0.2, 0.25) is 0 Å². The number of aryl methyl sites for hydroxylation is 1. The Balaban J connectivity index is 1.88. The molecule has 0 saturated heterocycles. The van der Waals surface area contributed by atoms with Gasteiger partial charge >= 0.3 is 0 Å². The van der Waals surface area contributed by atoms with Crippen molar-refractivity contribution in [1.29, 1.82) is 0 Å². The summed E-state index contributed by atoms with van der Waals surface area (Å²) in [5.41, 5.74) is 2.20. The van der Waals surface area contributed by atoms with Crippen LogP contribution in [0.25, 0.3) is 0 Å². The highest BCUT2D eigenvalue weighted by atomic mass is 16.5. The van der Waals surface area contributed by atoms with E-state index in [0.717, 1.165) is 12.0 Å². The van der Waals surface area contributed by atoms with Crippen molar-refractivity contribution in [1.82, 2.24) is 5.32 Å². The lowest BCUT2D eigenvalue weighted by atomic mass is 10.0. The van der Waals surface area contributed by atoms with Crippen LogP contribution in [-0.4, -0.2) is 24.2 Å². The van der Waals surface area contributed by atoms with Crippen molar-refractivity contribution < 1.29 is 14.6 Å². The van der Waals surface area contributed by atoms with Crippen molar-refractivity contribution in [2.24, 2.45) is 0 Å². The number of aliphatic hydroxyl groups excluding tert-OH is 1. The topological polar surface area (TPSA) is 58.6 Å². The highest BCUT2D eigenvalue weighted by molar-refractivity contribution is 5.78. The molecule has 1 atom stereocenters. The van der Waals surface area contributed by atoms with Gasteiger partial charge in [-0.15, -0.1) is 0 Å². The van der Waals surface area contributed by atoms with Crippen LogP contribution >= 0.6 is 0 Å². The Morgan fingerprint density at radius 2 is 1.83 bits per heavy atom. The van der Waals surface area contributed by atoms with Crippen LogP contribution in [0.5, 0.6) is 5.75 Å². The Hall–Kier alpha value is -2.33. The molecular weight excluding hydrogens is 290 g/mol. The molecule has 2 aromatic carbocycles. The third-order valence-corrected chi connectivity index (χ3v) is 3.66. The fourth-order valence-corrected chi connectivity index (χ4v) is 2.34. The molecule has 0 spiro atoms. The number of carbonyl (C=O) groups excluding carboxylic acids is 1. The molecule has 0 aromatic heterocycles. The summed E-state index contributed by atoms with van der Waals surface area (Å²) >= 11 is 0. The van der Waals surface area contributed by atoms with Crippen LogP contribution in [0.3, 0.4) is 0 Å². The number of rotatable bonds is 8. The van der Waals surface area contributed by atoms with Gasteiger partial charge in [0, 0.05) is 6.61 Å². The lowest BCUT2D eigenvalue weighted by Gasteiger charge is -2.18. The van der Waals surface area contributed by atoms with E-state index in [2.05, 4.69) is 12.2 Å². The summed E-state index contributed by atoms with van der Waals surface area (Å²) in [7, 11) is 0. The lowest BCUT2D eigenvalue weighted by Crippen LogP contribution is -2.33. The van der Waals surface area contributed by atoms with Crippen molar-refractivity contribution >= 4 is 5.91 Å². The predicted octanol–water partition coefficient (Wildman–Crippen LogP) is 2.87. The molecule has 1 amide bonds. The number of carbonyl (C=O) groups is 1. The molecular formula is C19H23NO3. The van der Waals surface area contributed by atoms with Gasteiger partial charge in [-0.1, -0.05) is 49.4 Å². The maximum absolute atomic E-state index is 12.1. The highest BCUT2D eigenvalue weighted by Gasteiger charge is 2.14. The maximum Gasteiger partial charge on any atom is 0.258 e. The highest BCUT2D eigenvalue weighted by Crippen LogP contribution is 2.16. The molecule has 0 aliphatic rings. The molecule has 0 radical (unpaired) electrons. The molecule has 1 unspecified atom stereocenters. The summed E-state index contributed by atoms with van der Waals surface area (Å²) in [6.07, 6.45) is 1.45. The Morgan fingerprint density at radius 1 is 1.13 bits per heavy atom. The van der Waals surface area contributed by atoms with E-state index in [1.807, 2.05) is 54.6 Å². The van der Waals surface area contributed by atoms with Gasteiger partial charge in [-0.05, 0) is 36.1 Å². The first-order valence-corrected chi connectivity index (χ1v) is 7.90. The first-order chi connectivity index (χ1) is 11.2. The molecule has 0 saturated carbocycles. The number of nitrogens with one attached hydrogen (secondary N) is 1. The maximum atomic E-state index is 12.1. The van der Waals surface area contributed by atoms with Gasteiger partial charge in [0.1, 0.15) is 5.75 Å². The molecule has 2 N–H and O–H groups in total. The summed E-state index contributed by atoms with van der Waals surface area (Å²) in [5.74, 6) is 0.475. The van der Waals surface area contributed by atoms with E-state index in [9.17, 15) is 9.90 Å². The molecule has 0 heterocycles. The molecule has 0 aliphatic heterocycles. The van der Waals surface area contributed by atoms with E-state index in [-0.39, 0.29) is 25.2 Å². The third kappa shape index (κ3) is 5.42. The van der Waals surface area contributed by atoms with Crippen LogP contribution < -0.4 is 10.1 Å². The molecule has 4 heteroatoms. The van der Waals surface area contributed by atoms with Crippen molar-refractivity contribution in [2.75, 3.05) is 13.2 Å². The number of benzene rings is 2. The third-order valence-electron chi connectivity index (χ3n) is 3.66. The zero-order chi connectivity index (χ0) is 16.5. The fraction of sp³-hybridized carbons (Fsp3) is 0.316. The van der Waals surface area contributed by atoms with E-state index < -0.39 is 0 Å². The van der Waals surface area contributed by atoms with Crippen LogP contribution in [0, 0.1) is 0 Å². The second-order valence-electron chi connectivity index (χ2n) is 5.33. The van der Waals surface area contributed by atoms with Crippen molar-refractivity contribution in [3.63, 3.8) is 0 Å². The van der Waals surface area contributed by atoms with Crippen molar-refractivity contribution in [3.8, 4) is 5.75 Å². The van der Waals surface area contributed by atoms with Gasteiger partial charge in [0.05, 0.1) is 6.04 Å². The zero-order valence-electron chi connectivity index (χ0n) is 13.4. The lowest BCUT2D eigenvalue weighted by molar-refractivity contribution is -0.123. The second-order valence-corrected chi connectivity index (χ2v) is 5.33. The molecule has 122 valence electrons. The van der Waals surface area contributed by atoms with E-state index in [1.54, 1.807) is 0 Å². The first kappa shape index (κ1) is 17.0. The van der Waals surface area contributed by atoms with Crippen LogP contribution in [-0.2, 0) is 11.2 Å². The van der Waals surface area contributed by atoms with E-state index in [4.69, 9.17) is 4.74 Å². The Bertz CT molecular complexity index is 596. The molecule has 2 aromatic rings. The van der Waals surface area contributed by atoms with Gasteiger partial charge < -0.3 is 15.2 Å².